The normalized spacial score (nSPS) is 14.2. The van der Waals surface area contributed by atoms with E-state index in [1.165, 1.54) is 10.6 Å². The molecule has 1 aromatic heterocycles. The number of amides is 1. The van der Waals surface area contributed by atoms with E-state index in [1.807, 2.05) is 17.0 Å². The van der Waals surface area contributed by atoms with Crippen LogP contribution in [-0.4, -0.2) is 48.9 Å². The minimum Gasteiger partial charge on any atom is -0.378 e. The molecule has 8 nitrogen and oxygen atoms in total. The van der Waals surface area contributed by atoms with E-state index in [0.717, 1.165) is 4.47 Å². The van der Waals surface area contributed by atoms with Crippen molar-refractivity contribution in [3.63, 3.8) is 0 Å². The number of rotatable bonds is 6. The van der Waals surface area contributed by atoms with Crippen LogP contribution in [0.15, 0.2) is 39.6 Å². The van der Waals surface area contributed by atoms with Crippen molar-refractivity contribution in [1.29, 1.82) is 0 Å². The Morgan fingerprint density at radius 3 is 2.67 bits per heavy atom. The molecule has 0 spiro atoms. The Hall–Kier alpha value is -2.23. The van der Waals surface area contributed by atoms with Gasteiger partial charge < -0.3 is 19.7 Å². The molecule has 0 unspecified atom stereocenters. The van der Waals surface area contributed by atoms with Crippen molar-refractivity contribution in [2.45, 2.75) is 13.2 Å². The average Bonchev–Trinajstić information content (AvgIpc) is 2.66. The summed E-state index contributed by atoms with van der Waals surface area (Å²) < 4.78 is 12.8. The van der Waals surface area contributed by atoms with Gasteiger partial charge in [0.25, 0.3) is 5.56 Å². The van der Waals surface area contributed by atoms with E-state index in [1.54, 1.807) is 19.2 Å². The molecule has 0 aliphatic carbocycles. The van der Waals surface area contributed by atoms with E-state index in [0.29, 0.717) is 43.6 Å². The highest BCUT2D eigenvalue weighted by Gasteiger charge is 2.20. The highest BCUT2D eigenvalue weighted by atomic mass is 79.9. The minimum atomic E-state index is -0.296. The molecule has 1 aliphatic heterocycles. The third kappa shape index (κ3) is 5.15. The highest BCUT2D eigenvalue weighted by Crippen LogP contribution is 2.15. The number of carbonyl (C=O) groups is 1. The largest absolute Gasteiger partial charge is 0.378 e. The molecule has 27 heavy (non-hydrogen) atoms. The predicted molar refractivity (Wildman–Crippen MR) is 105 cm³/mol. The number of aromatic nitrogens is 2. The fraction of sp³-hybridized carbons (Fsp3) is 0.389. The van der Waals surface area contributed by atoms with E-state index in [2.05, 4.69) is 26.2 Å². The summed E-state index contributed by atoms with van der Waals surface area (Å²) in [5.41, 5.74) is 0.909. The minimum absolute atomic E-state index is 0.123. The lowest BCUT2D eigenvalue weighted by atomic mass is 10.3. The lowest BCUT2D eigenvalue weighted by molar-refractivity contribution is -0.116. The summed E-state index contributed by atoms with van der Waals surface area (Å²) in [5.74, 6) is 0.166. The fourth-order valence-corrected chi connectivity index (χ4v) is 3.06. The molecule has 9 heteroatoms. The lowest BCUT2D eigenvalue weighted by Gasteiger charge is -2.29. The number of ether oxygens (including phenoxy) is 2. The first kappa shape index (κ1) is 19.5. The van der Waals surface area contributed by atoms with E-state index < -0.39 is 0 Å². The molecule has 1 saturated heterocycles. The van der Waals surface area contributed by atoms with Crippen LogP contribution in [0.3, 0.4) is 0 Å². The molecule has 0 bridgehead atoms. The maximum Gasteiger partial charge on any atom is 0.255 e. The fourth-order valence-electron chi connectivity index (χ4n) is 2.79. The number of hydrogen-bond donors (Lipinski definition) is 1. The lowest BCUT2D eigenvalue weighted by Crippen LogP contribution is -2.42. The number of benzene rings is 1. The predicted octanol–water partition coefficient (Wildman–Crippen LogP) is 1.63. The molecule has 1 fully saturated rings. The number of nitrogens with zero attached hydrogens (tertiary/aromatic N) is 3. The monoisotopic (exact) mass is 436 g/mol. The molecule has 144 valence electrons. The van der Waals surface area contributed by atoms with Gasteiger partial charge >= 0.3 is 0 Å². The van der Waals surface area contributed by atoms with Crippen molar-refractivity contribution in [2.24, 2.45) is 0 Å². The number of morpholine rings is 1. The van der Waals surface area contributed by atoms with Gasteiger partial charge in [0.2, 0.25) is 11.9 Å². The second kappa shape index (κ2) is 9.12. The number of nitrogens with one attached hydrogen (secondary N) is 1. The first-order valence-corrected chi connectivity index (χ1v) is 9.34. The van der Waals surface area contributed by atoms with Crippen molar-refractivity contribution >= 4 is 33.5 Å². The van der Waals surface area contributed by atoms with Gasteiger partial charge in [-0.3, -0.25) is 14.2 Å². The van der Waals surface area contributed by atoms with Gasteiger partial charge in [-0.05, 0) is 24.3 Å². The van der Waals surface area contributed by atoms with Crippen LogP contribution in [0.4, 0.5) is 11.6 Å². The van der Waals surface area contributed by atoms with E-state index in [9.17, 15) is 9.59 Å². The van der Waals surface area contributed by atoms with Crippen molar-refractivity contribution in [1.82, 2.24) is 9.55 Å². The van der Waals surface area contributed by atoms with Crippen LogP contribution in [0.2, 0.25) is 0 Å². The first-order chi connectivity index (χ1) is 13.1. The highest BCUT2D eigenvalue weighted by molar-refractivity contribution is 9.10. The van der Waals surface area contributed by atoms with Crippen LogP contribution in [-0.2, 0) is 27.4 Å². The van der Waals surface area contributed by atoms with Crippen LogP contribution < -0.4 is 15.8 Å². The molecule has 2 heterocycles. The summed E-state index contributed by atoms with van der Waals surface area (Å²) in [5, 5.41) is 2.80. The van der Waals surface area contributed by atoms with Gasteiger partial charge in [-0.25, -0.2) is 4.98 Å². The second-order valence-electron chi connectivity index (χ2n) is 6.06. The summed E-state index contributed by atoms with van der Waals surface area (Å²) in [6.45, 7) is 2.43. The van der Waals surface area contributed by atoms with E-state index in [4.69, 9.17) is 9.47 Å². The summed E-state index contributed by atoms with van der Waals surface area (Å²) in [7, 11) is 1.55. The third-order valence-corrected chi connectivity index (χ3v) is 4.59. The maximum absolute atomic E-state index is 12.6. The summed E-state index contributed by atoms with van der Waals surface area (Å²) in [4.78, 5) is 31.6. The number of anilines is 2. The molecule has 0 atom stereocenters. The van der Waals surface area contributed by atoms with Gasteiger partial charge in [0.05, 0.1) is 25.5 Å². The van der Waals surface area contributed by atoms with E-state index >= 15 is 0 Å². The Morgan fingerprint density at radius 1 is 1.30 bits per heavy atom. The molecular weight excluding hydrogens is 416 g/mol. The number of halogens is 1. The van der Waals surface area contributed by atoms with Gasteiger partial charge in [-0.15, -0.1) is 0 Å². The SMILES string of the molecule is COCc1cc(=O)n(CC(=O)Nc2ccc(Br)cc2)c(N2CCOCC2)n1. The number of methoxy groups -OCH3 is 1. The van der Waals surface area contributed by atoms with Crippen LogP contribution in [0, 0.1) is 0 Å². The molecule has 1 amide bonds. The topological polar surface area (TPSA) is 85.7 Å². The Kier molecular flexibility index (Phi) is 6.59. The molecule has 3 rings (SSSR count). The Morgan fingerprint density at radius 2 is 2.00 bits per heavy atom. The molecule has 0 saturated carbocycles. The van der Waals surface area contributed by atoms with Crippen LogP contribution in [0.25, 0.3) is 0 Å². The smallest absolute Gasteiger partial charge is 0.255 e. The quantitative estimate of drug-likeness (QED) is 0.740. The molecule has 2 aromatic rings. The van der Waals surface area contributed by atoms with Gasteiger partial charge in [0.15, 0.2) is 0 Å². The van der Waals surface area contributed by atoms with Crippen molar-refractivity contribution in [2.75, 3.05) is 43.6 Å². The van der Waals surface area contributed by atoms with Crippen molar-refractivity contribution in [3.05, 3.63) is 50.9 Å². The Balaban J connectivity index is 1.84. The second-order valence-corrected chi connectivity index (χ2v) is 6.98. The van der Waals surface area contributed by atoms with Crippen molar-refractivity contribution < 1.29 is 14.3 Å². The molecule has 1 aromatic carbocycles. The molecular formula is C18H21BrN4O4. The summed E-state index contributed by atoms with van der Waals surface area (Å²) in [6.07, 6.45) is 0. The van der Waals surface area contributed by atoms with Gasteiger partial charge in [-0.2, -0.15) is 0 Å². The van der Waals surface area contributed by atoms with Crippen LogP contribution in [0.1, 0.15) is 5.69 Å². The Bertz CT molecular complexity index is 847. The Labute approximate surface area is 165 Å². The molecule has 0 radical (unpaired) electrons. The van der Waals surface area contributed by atoms with Gasteiger partial charge in [0, 0.05) is 36.4 Å². The zero-order chi connectivity index (χ0) is 19.2. The first-order valence-electron chi connectivity index (χ1n) is 8.54. The van der Waals surface area contributed by atoms with Crippen LogP contribution in [0.5, 0.6) is 0 Å². The molecule has 1 N–H and O–H groups in total. The van der Waals surface area contributed by atoms with Crippen molar-refractivity contribution in [3.8, 4) is 0 Å². The third-order valence-electron chi connectivity index (χ3n) is 4.06. The standard InChI is InChI=1S/C18H21BrN4O4/c1-26-12-15-10-17(25)23(18(21-15)22-6-8-27-9-7-22)11-16(24)20-14-4-2-13(19)3-5-14/h2-5,10H,6-9,11-12H2,1H3,(H,20,24). The average molecular weight is 437 g/mol. The van der Waals surface area contributed by atoms with Crippen LogP contribution >= 0.6 is 15.9 Å². The van der Waals surface area contributed by atoms with Gasteiger partial charge in [-0.1, -0.05) is 15.9 Å². The zero-order valence-electron chi connectivity index (χ0n) is 15.0. The molecule has 1 aliphatic rings. The number of carbonyl (C=O) groups excluding carboxylic acids is 1. The maximum atomic E-state index is 12.6. The zero-order valence-corrected chi connectivity index (χ0v) is 16.6. The van der Waals surface area contributed by atoms with Gasteiger partial charge in [0.1, 0.15) is 6.54 Å². The van der Waals surface area contributed by atoms with E-state index in [-0.39, 0.29) is 24.6 Å². The number of hydrogen-bond acceptors (Lipinski definition) is 6. The summed E-state index contributed by atoms with van der Waals surface area (Å²) in [6, 6.07) is 8.64. The summed E-state index contributed by atoms with van der Waals surface area (Å²) >= 11 is 3.36.